The molecule has 0 atom stereocenters. The van der Waals surface area contributed by atoms with Crippen LogP contribution in [0.2, 0.25) is 0 Å². The summed E-state index contributed by atoms with van der Waals surface area (Å²) in [7, 11) is 0. The summed E-state index contributed by atoms with van der Waals surface area (Å²) in [6.45, 7) is 0.362. The van der Waals surface area contributed by atoms with Crippen LogP contribution in [0.3, 0.4) is 0 Å². The average molecular weight is 489 g/mol. The lowest BCUT2D eigenvalue weighted by Crippen LogP contribution is -2.31. The largest absolute Gasteiger partial charge is 0.483 e. The number of halogens is 1. The number of thioether (sulfide) groups is 1. The van der Waals surface area contributed by atoms with E-state index in [1.165, 1.54) is 22.7 Å². The number of hydrogen-bond acceptors (Lipinski definition) is 6. The minimum Gasteiger partial charge on any atom is -0.483 e. The van der Waals surface area contributed by atoms with Gasteiger partial charge in [0, 0.05) is 18.0 Å². The van der Waals surface area contributed by atoms with Crippen molar-refractivity contribution >= 4 is 23.6 Å². The molecule has 5 rings (SSSR count). The molecule has 1 aliphatic heterocycles. The number of amides is 2. The van der Waals surface area contributed by atoms with Crippen molar-refractivity contribution in [3.8, 4) is 11.4 Å². The first kappa shape index (κ1) is 22.8. The highest BCUT2D eigenvalue weighted by Gasteiger charge is 2.34. The molecule has 0 aliphatic carbocycles. The van der Waals surface area contributed by atoms with E-state index in [4.69, 9.17) is 4.74 Å². The number of benzene rings is 3. The molecule has 0 radical (unpaired) electrons. The normalized spacial score (nSPS) is 12.8. The van der Waals surface area contributed by atoms with Gasteiger partial charge in [0.1, 0.15) is 6.61 Å². The van der Waals surface area contributed by atoms with Gasteiger partial charge in [0.25, 0.3) is 11.8 Å². The van der Waals surface area contributed by atoms with Gasteiger partial charge in [0.2, 0.25) is 0 Å². The molecule has 1 aliphatic rings. The Morgan fingerprint density at radius 3 is 2.20 bits per heavy atom. The molecule has 0 unspecified atom stereocenters. The Bertz CT molecular complexity index is 1340. The van der Waals surface area contributed by atoms with E-state index in [0.717, 1.165) is 5.69 Å². The quantitative estimate of drug-likeness (QED) is 0.192. The van der Waals surface area contributed by atoms with Gasteiger partial charge in [-0.3, -0.25) is 19.1 Å². The highest BCUT2D eigenvalue weighted by Crippen LogP contribution is 2.26. The van der Waals surface area contributed by atoms with Crippen LogP contribution in [0.4, 0.5) is 4.39 Å². The minimum absolute atomic E-state index is 0.0401. The van der Waals surface area contributed by atoms with Crippen LogP contribution in [0.25, 0.3) is 5.69 Å². The summed E-state index contributed by atoms with van der Waals surface area (Å²) < 4.78 is 21.5. The Morgan fingerprint density at radius 1 is 0.829 bits per heavy atom. The number of para-hydroxylation sites is 2. The summed E-state index contributed by atoms with van der Waals surface area (Å²) in [5, 5.41) is 9.23. The Morgan fingerprint density at radius 2 is 1.49 bits per heavy atom. The Labute approximate surface area is 205 Å². The molecule has 0 spiro atoms. The van der Waals surface area contributed by atoms with Crippen LogP contribution < -0.4 is 4.74 Å². The van der Waals surface area contributed by atoms with Crippen LogP contribution in [0.5, 0.6) is 5.75 Å². The van der Waals surface area contributed by atoms with E-state index >= 15 is 0 Å². The number of carbonyl (C=O) groups excluding carboxylic acids is 2. The van der Waals surface area contributed by atoms with E-state index in [-0.39, 0.29) is 24.2 Å². The number of hydrogen-bond donors (Lipinski definition) is 0. The third kappa shape index (κ3) is 4.67. The summed E-state index contributed by atoms with van der Waals surface area (Å²) in [5.41, 5.74) is 1.76. The molecule has 176 valence electrons. The van der Waals surface area contributed by atoms with Gasteiger partial charge in [-0.1, -0.05) is 54.2 Å². The summed E-state index contributed by atoms with van der Waals surface area (Å²) in [6, 6.07) is 22.7. The van der Waals surface area contributed by atoms with Gasteiger partial charge in [-0.15, -0.1) is 10.2 Å². The Kier molecular flexibility index (Phi) is 6.58. The highest BCUT2D eigenvalue weighted by molar-refractivity contribution is 7.99. The standard InChI is InChI=1S/C26H21FN4O3S/c27-21-13-6-7-14-22(21)34-17-23-28-29-26(31(23)18-9-2-1-3-10-18)35-16-8-15-30-24(32)19-11-4-5-12-20(19)25(30)33/h1-7,9-14H,8,15-17H2. The van der Waals surface area contributed by atoms with Crippen LogP contribution in [-0.4, -0.2) is 43.8 Å². The van der Waals surface area contributed by atoms with E-state index in [1.54, 1.807) is 42.5 Å². The fraction of sp³-hybridized carbons (Fsp3) is 0.154. The van der Waals surface area contributed by atoms with Crippen molar-refractivity contribution in [2.45, 2.75) is 18.2 Å². The third-order valence-electron chi connectivity index (χ3n) is 5.54. The summed E-state index contributed by atoms with van der Waals surface area (Å²) in [6.07, 6.45) is 0.596. The van der Waals surface area contributed by atoms with Crippen LogP contribution in [0, 0.1) is 5.82 Å². The van der Waals surface area contributed by atoms with Crippen LogP contribution in [0.15, 0.2) is 84.0 Å². The third-order valence-corrected chi connectivity index (χ3v) is 6.56. The van der Waals surface area contributed by atoms with E-state index < -0.39 is 5.82 Å². The number of aromatic nitrogens is 3. The first-order valence-electron chi connectivity index (χ1n) is 11.1. The van der Waals surface area contributed by atoms with Crippen LogP contribution >= 0.6 is 11.8 Å². The number of nitrogens with zero attached hydrogens (tertiary/aromatic N) is 4. The molecule has 9 heteroatoms. The number of imide groups is 1. The Hall–Kier alpha value is -3.98. The predicted octanol–water partition coefficient (Wildman–Crippen LogP) is 4.76. The van der Waals surface area contributed by atoms with Gasteiger partial charge in [-0.2, -0.15) is 0 Å². The second-order valence-corrected chi connectivity index (χ2v) is 8.86. The molecule has 2 amide bonds. The van der Waals surface area contributed by atoms with Gasteiger partial charge >= 0.3 is 0 Å². The molecule has 0 fully saturated rings. The Balaban J connectivity index is 1.26. The maximum atomic E-state index is 14.0. The molecule has 0 bridgehead atoms. The molecule has 0 saturated heterocycles. The van der Waals surface area contributed by atoms with Gasteiger partial charge in [-0.05, 0) is 42.8 Å². The molecule has 7 nitrogen and oxygen atoms in total. The smallest absolute Gasteiger partial charge is 0.261 e. The summed E-state index contributed by atoms with van der Waals surface area (Å²) in [5.74, 6) is 0.340. The number of ether oxygens (including phenoxy) is 1. The molecule has 1 aromatic heterocycles. The zero-order chi connectivity index (χ0) is 24.2. The van der Waals surface area contributed by atoms with Crippen molar-refractivity contribution in [1.29, 1.82) is 0 Å². The van der Waals surface area contributed by atoms with Crippen molar-refractivity contribution in [2.75, 3.05) is 12.3 Å². The second kappa shape index (κ2) is 10.1. The second-order valence-electron chi connectivity index (χ2n) is 7.80. The molecule has 2 heterocycles. The van der Waals surface area contributed by atoms with Crippen molar-refractivity contribution in [3.63, 3.8) is 0 Å². The monoisotopic (exact) mass is 488 g/mol. The average Bonchev–Trinajstić information content (AvgIpc) is 3.40. The molecule has 35 heavy (non-hydrogen) atoms. The zero-order valence-corrected chi connectivity index (χ0v) is 19.5. The lowest BCUT2D eigenvalue weighted by molar-refractivity contribution is 0.0655. The van der Waals surface area contributed by atoms with Gasteiger partial charge in [-0.25, -0.2) is 4.39 Å². The lowest BCUT2D eigenvalue weighted by atomic mass is 10.1. The fourth-order valence-electron chi connectivity index (χ4n) is 3.86. The van der Waals surface area contributed by atoms with Crippen molar-refractivity contribution in [3.05, 3.63) is 102 Å². The first-order valence-corrected chi connectivity index (χ1v) is 12.1. The molecule has 0 N–H and O–H groups in total. The van der Waals surface area contributed by atoms with E-state index in [0.29, 0.717) is 40.8 Å². The van der Waals surface area contributed by atoms with Crippen molar-refractivity contribution in [1.82, 2.24) is 19.7 Å². The number of fused-ring (bicyclic) bond motifs is 1. The minimum atomic E-state index is -0.443. The van der Waals surface area contributed by atoms with Gasteiger partial charge < -0.3 is 4.74 Å². The number of rotatable bonds is 9. The first-order chi connectivity index (χ1) is 17.1. The number of carbonyl (C=O) groups is 2. The SMILES string of the molecule is O=C1c2ccccc2C(=O)N1CCCSc1nnc(COc2ccccc2F)n1-c1ccccc1. The summed E-state index contributed by atoms with van der Waals surface area (Å²) >= 11 is 1.47. The highest BCUT2D eigenvalue weighted by atomic mass is 32.2. The topological polar surface area (TPSA) is 77.3 Å². The maximum absolute atomic E-state index is 14.0. The molecule has 3 aromatic carbocycles. The lowest BCUT2D eigenvalue weighted by Gasteiger charge is -2.14. The van der Waals surface area contributed by atoms with Gasteiger partial charge in [0.15, 0.2) is 22.5 Å². The molecular weight excluding hydrogens is 467 g/mol. The van der Waals surface area contributed by atoms with E-state index in [1.807, 2.05) is 34.9 Å². The van der Waals surface area contributed by atoms with Crippen LogP contribution in [-0.2, 0) is 6.61 Å². The van der Waals surface area contributed by atoms with Crippen molar-refractivity contribution in [2.24, 2.45) is 0 Å². The molecule has 4 aromatic rings. The summed E-state index contributed by atoms with van der Waals surface area (Å²) in [4.78, 5) is 26.4. The van der Waals surface area contributed by atoms with Crippen LogP contribution in [0.1, 0.15) is 33.0 Å². The van der Waals surface area contributed by atoms with Gasteiger partial charge in [0.05, 0.1) is 11.1 Å². The van der Waals surface area contributed by atoms with E-state index in [2.05, 4.69) is 10.2 Å². The maximum Gasteiger partial charge on any atom is 0.261 e. The molecule has 0 saturated carbocycles. The predicted molar refractivity (Wildman–Crippen MR) is 129 cm³/mol. The van der Waals surface area contributed by atoms with E-state index in [9.17, 15) is 14.0 Å². The molecular formula is C26H21FN4O3S. The zero-order valence-electron chi connectivity index (χ0n) is 18.6. The van der Waals surface area contributed by atoms with Crippen molar-refractivity contribution < 1.29 is 18.7 Å². The fourth-order valence-corrected chi connectivity index (χ4v) is 4.75.